The van der Waals surface area contributed by atoms with E-state index >= 15 is 0 Å². The standard InChI is InChI=1S/C9H13NO3/c1-6(11)10-9(7(12)13)5-4-8(9)2-3-8/h2-5H2,1H3,(H,10,11)(H,12,13). The third-order valence-corrected chi connectivity index (χ3v) is 3.49. The number of aliphatic carboxylic acids is 1. The largest absolute Gasteiger partial charge is 0.479 e. The van der Waals surface area contributed by atoms with Crippen molar-refractivity contribution in [1.29, 1.82) is 0 Å². The van der Waals surface area contributed by atoms with Gasteiger partial charge >= 0.3 is 5.97 Å². The lowest BCUT2D eigenvalue weighted by molar-refractivity contribution is -0.158. The lowest BCUT2D eigenvalue weighted by Crippen LogP contribution is -2.66. The molecule has 2 fully saturated rings. The van der Waals surface area contributed by atoms with Crippen LogP contribution in [0.2, 0.25) is 0 Å². The van der Waals surface area contributed by atoms with Gasteiger partial charge in [-0.2, -0.15) is 0 Å². The van der Waals surface area contributed by atoms with E-state index in [1.807, 2.05) is 0 Å². The summed E-state index contributed by atoms with van der Waals surface area (Å²) in [6.07, 6.45) is 3.42. The van der Waals surface area contributed by atoms with Crippen molar-refractivity contribution in [3.8, 4) is 0 Å². The summed E-state index contributed by atoms with van der Waals surface area (Å²) >= 11 is 0. The summed E-state index contributed by atoms with van der Waals surface area (Å²) in [5.41, 5.74) is -1.02. The smallest absolute Gasteiger partial charge is 0.330 e. The Morgan fingerprint density at radius 1 is 1.23 bits per heavy atom. The van der Waals surface area contributed by atoms with Crippen molar-refractivity contribution in [2.45, 2.75) is 38.1 Å². The van der Waals surface area contributed by atoms with Crippen LogP contribution in [0, 0.1) is 5.41 Å². The molecule has 2 aliphatic carbocycles. The first-order valence-corrected chi connectivity index (χ1v) is 4.55. The van der Waals surface area contributed by atoms with E-state index in [4.69, 9.17) is 5.11 Å². The molecular formula is C9H13NO3. The number of hydrogen-bond acceptors (Lipinski definition) is 2. The van der Waals surface area contributed by atoms with Crippen molar-refractivity contribution in [3.63, 3.8) is 0 Å². The van der Waals surface area contributed by atoms with Crippen LogP contribution >= 0.6 is 0 Å². The molecule has 2 rings (SSSR count). The van der Waals surface area contributed by atoms with Crippen molar-refractivity contribution in [2.75, 3.05) is 0 Å². The summed E-state index contributed by atoms with van der Waals surface area (Å²) in [5.74, 6) is -1.11. The fourth-order valence-corrected chi connectivity index (χ4v) is 2.44. The summed E-state index contributed by atoms with van der Waals surface area (Å²) in [7, 11) is 0. The van der Waals surface area contributed by atoms with E-state index in [1.165, 1.54) is 6.92 Å². The second-order valence-electron chi connectivity index (χ2n) is 4.17. The Kier molecular flexibility index (Phi) is 1.47. The predicted molar refractivity (Wildman–Crippen MR) is 45.1 cm³/mol. The average molecular weight is 183 g/mol. The number of hydrogen-bond donors (Lipinski definition) is 2. The van der Waals surface area contributed by atoms with Gasteiger partial charge in [-0.1, -0.05) is 0 Å². The number of carbonyl (C=O) groups excluding carboxylic acids is 1. The van der Waals surface area contributed by atoms with E-state index in [9.17, 15) is 9.59 Å². The van der Waals surface area contributed by atoms with Gasteiger partial charge in [-0.05, 0) is 25.7 Å². The third kappa shape index (κ3) is 0.913. The first kappa shape index (κ1) is 8.53. The Hall–Kier alpha value is -1.06. The molecule has 0 aromatic rings. The SMILES string of the molecule is CC(=O)NC1(C(=O)O)CCC12CC2. The minimum Gasteiger partial charge on any atom is -0.479 e. The molecule has 0 aromatic heterocycles. The van der Waals surface area contributed by atoms with E-state index in [0.717, 1.165) is 19.3 Å². The highest BCUT2D eigenvalue weighted by Gasteiger charge is 2.70. The molecule has 72 valence electrons. The number of amides is 1. The van der Waals surface area contributed by atoms with Crippen LogP contribution in [-0.4, -0.2) is 22.5 Å². The lowest BCUT2D eigenvalue weighted by atomic mass is 9.63. The first-order chi connectivity index (χ1) is 6.02. The van der Waals surface area contributed by atoms with Crippen molar-refractivity contribution in [3.05, 3.63) is 0 Å². The van der Waals surface area contributed by atoms with Crippen LogP contribution in [0.4, 0.5) is 0 Å². The Balaban J connectivity index is 2.22. The monoisotopic (exact) mass is 183 g/mol. The fourth-order valence-electron chi connectivity index (χ4n) is 2.44. The molecule has 2 N–H and O–H groups in total. The van der Waals surface area contributed by atoms with Gasteiger partial charge in [-0.25, -0.2) is 4.79 Å². The lowest BCUT2D eigenvalue weighted by Gasteiger charge is -2.47. The van der Waals surface area contributed by atoms with Crippen molar-refractivity contribution < 1.29 is 14.7 Å². The molecule has 0 bridgehead atoms. The quantitative estimate of drug-likeness (QED) is 0.655. The Labute approximate surface area is 76.3 Å². The third-order valence-electron chi connectivity index (χ3n) is 3.49. The van der Waals surface area contributed by atoms with Gasteiger partial charge in [0, 0.05) is 12.3 Å². The van der Waals surface area contributed by atoms with Crippen LogP contribution in [0.5, 0.6) is 0 Å². The maximum absolute atomic E-state index is 11.1. The molecule has 0 aliphatic heterocycles. The van der Waals surface area contributed by atoms with E-state index in [0.29, 0.717) is 6.42 Å². The second-order valence-corrected chi connectivity index (χ2v) is 4.17. The van der Waals surface area contributed by atoms with Gasteiger partial charge in [-0.15, -0.1) is 0 Å². The van der Waals surface area contributed by atoms with Gasteiger partial charge in [0.2, 0.25) is 5.91 Å². The average Bonchev–Trinajstić information content (AvgIpc) is 2.77. The topological polar surface area (TPSA) is 66.4 Å². The number of carboxylic acids is 1. The van der Waals surface area contributed by atoms with Gasteiger partial charge in [-0.3, -0.25) is 4.79 Å². The highest BCUT2D eigenvalue weighted by Crippen LogP contribution is 2.66. The predicted octanol–water partition coefficient (Wildman–Crippen LogP) is 0.520. The van der Waals surface area contributed by atoms with Gasteiger partial charge in [0.25, 0.3) is 0 Å². The van der Waals surface area contributed by atoms with Gasteiger partial charge < -0.3 is 10.4 Å². The van der Waals surface area contributed by atoms with Crippen LogP contribution in [0.25, 0.3) is 0 Å². The zero-order valence-corrected chi connectivity index (χ0v) is 7.59. The highest BCUT2D eigenvalue weighted by molar-refractivity contribution is 5.88. The van der Waals surface area contributed by atoms with Crippen LogP contribution < -0.4 is 5.32 Å². The maximum Gasteiger partial charge on any atom is 0.330 e. The molecule has 2 aliphatic rings. The van der Waals surface area contributed by atoms with Crippen molar-refractivity contribution >= 4 is 11.9 Å². The number of carboxylic acid groups (broad SMARTS) is 1. The molecule has 4 nitrogen and oxygen atoms in total. The van der Waals surface area contributed by atoms with Crippen molar-refractivity contribution in [1.82, 2.24) is 5.32 Å². The zero-order chi connectivity index (χ0) is 9.69. The maximum atomic E-state index is 11.1. The molecule has 1 atom stereocenters. The molecule has 0 radical (unpaired) electrons. The Morgan fingerprint density at radius 2 is 1.77 bits per heavy atom. The van der Waals surface area contributed by atoms with E-state index in [2.05, 4.69) is 5.32 Å². The molecule has 4 heteroatoms. The van der Waals surface area contributed by atoms with E-state index in [1.54, 1.807) is 0 Å². The summed E-state index contributed by atoms with van der Waals surface area (Å²) in [6, 6.07) is 0. The molecule has 0 saturated heterocycles. The number of nitrogens with one attached hydrogen (secondary N) is 1. The minimum absolute atomic E-state index is 0.0928. The fraction of sp³-hybridized carbons (Fsp3) is 0.778. The van der Waals surface area contributed by atoms with Crippen LogP contribution in [0.15, 0.2) is 0 Å². The van der Waals surface area contributed by atoms with Crippen LogP contribution in [-0.2, 0) is 9.59 Å². The number of rotatable bonds is 2. The highest BCUT2D eigenvalue weighted by atomic mass is 16.4. The molecule has 1 unspecified atom stereocenters. The van der Waals surface area contributed by atoms with Crippen LogP contribution in [0.1, 0.15) is 32.6 Å². The second kappa shape index (κ2) is 2.25. The van der Waals surface area contributed by atoms with Crippen molar-refractivity contribution in [2.24, 2.45) is 5.41 Å². The molecule has 1 amide bonds. The minimum atomic E-state index is -0.932. The Bertz CT molecular complexity index is 283. The Morgan fingerprint density at radius 3 is 2.00 bits per heavy atom. The van der Waals surface area contributed by atoms with Crippen LogP contribution in [0.3, 0.4) is 0 Å². The molecule has 0 aromatic carbocycles. The van der Waals surface area contributed by atoms with E-state index < -0.39 is 11.5 Å². The van der Waals surface area contributed by atoms with Gasteiger partial charge in [0.1, 0.15) is 5.54 Å². The number of carbonyl (C=O) groups is 2. The summed E-state index contributed by atoms with van der Waals surface area (Å²) in [4.78, 5) is 22.0. The summed E-state index contributed by atoms with van der Waals surface area (Å²) in [5, 5.41) is 11.7. The molecule has 1 spiro atoms. The normalized spacial score (nSPS) is 33.6. The first-order valence-electron chi connectivity index (χ1n) is 4.55. The summed E-state index contributed by atoms with van der Waals surface area (Å²) in [6.45, 7) is 1.37. The summed E-state index contributed by atoms with van der Waals surface area (Å²) < 4.78 is 0. The van der Waals surface area contributed by atoms with Gasteiger partial charge in [0.15, 0.2) is 0 Å². The molecule has 0 heterocycles. The van der Waals surface area contributed by atoms with Gasteiger partial charge in [0.05, 0.1) is 0 Å². The molecular weight excluding hydrogens is 170 g/mol. The molecule has 13 heavy (non-hydrogen) atoms. The molecule has 2 saturated carbocycles. The van der Waals surface area contributed by atoms with E-state index in [-0.39, 0.29) is 11.3 Å². The zero-order valence-electron chi connectivity index (χ0n) is 7.59.